The fraction of sp³-hybridized carbons (Fsp3) is 0.667. The first-order valence-electron chi connectivity index (χ1n) is 5.35. The minimum Gasteiger partial charge on any atom is -0.381 e. The van der Waals surface area contributed by atoms with E-state index in [0.29, 0.717) is 12.5 Å². The van der Waals surface area contributed by atoms with Crippen molar-refractivity contribution in [3.63, 3.8) is 0 Å². The summed E-state index contributed by atoms with van der Waals surface area (Å²) in [6.07, 6.45) is 2.48. The van der Waals surface area contributed by atoms with Gasteiger partial charge in [0.2, 0.25) is 10.0 Å². The van der Waals surface area contributed by atoms with Crippen LogP contribution in [0.2, 0.25) is 0 Å². The van der Waals surface area contributed by atoms with E-state index in [-0.39, 0.29) is 10.7 Å². The number of sulfonamides is 1. The fourth-order valence-corrected chi connectivity index (χ4v) is 4.24. The first-order valence-corrected chi connectivity index (χ1v) is 7.99. The number of nitrogens with zero attached hydrogens (tertiary/aromatic N) is 2. The molecule has 1 saturated heterocycles. The molecule has 1 aromatic rings. The number of nitrogens with one attached hydrogen (secondary N) is 1. The van der Waals surface area contributed by atoms with Gasteiger partial charge in [0.1, 0.15) is 4.90 Å². The molecule has 2 heterocycles. The van der Waals surface area contributed by atoms with Crippen LogP contribution < -0.4 is 10.5 Å². The van der Waals surface area contributed by atoms with E-state index < -0.39 is 10.0 Å². The predicted octanol–water partition coefficient (Wildman–Crippen LogP) is 0.0337. The Balaban J connectivity index is 2.05. The lowest BCUT2D eigenvalue weighted by Gasteiger charge is -2.09. The number of nitrogens with two attached hydrogens (primary N) is 1. The summed E-state index contributed by atoms with van der Waals surface area (Å²) in [7, 11) is -1.88. The molecular formula is C9H16N4O2S2. The zero-order chi connectivity index (χ0) is 12.5. The van der Waals surface area contributed by atoms with Crippen LogP contribution in [0.4, 0.5) is 5.82 Å². The first-order chi connectivity index (χ1) is 7.99. The Morgan fingerprint density at radius 1 is 1.71 bits per heavy atom. The molecule has 0 spiro atoms. The maximum absolute atomic E-state index is 12.0. The molecule has 1 unspecified atom stereocenters. The van der Waals surface area contributed by atoms with Gasteiger partial charge in [-0.05, 0) is 23.8 Å². The number of thioether (sulfide) groups is 1. The third-order valence-electron chi connectivity index (χ3n) is 2.70. The lowest BCUT2D eigenvalue weighted by atomic mass is 10.1. The van der Waals surface area contributed by atoms with Crippen molar-refractivity contribution in [2.45, 2.75) is 11.3 Å². The Labute approximate surface area is 105 Å². The van der Waals surface area contributed by atoms with Gasteiger partial charge < -0.3 is 5.73 Å². The first kappa shape index (κ1) is 12.7. The largest absolute Gasteiger partial charge is 0.381 e. The van der Waals surface area contributed by atoms with E-state index in [1.807, 2.05) is 11.8 Å². The summed E-state index contributed by atoms with van der Waals surface area (Å²) in [4.78, 5) is 0.0608. The molecule has 1 fully saturated rings. The molecule has 0 aromatic carbocycles. The molecule has 1 atom stereocenters. The van der Waals surface area contributed by atoms with Crippen molar-refractivity contribution in [2.75, 3.05) is 23.8 Å². The average molecular weight is 276 g/mol. The van der Waals surface area contributed by atoms with Crippen molar-refractivity contribution in [1.82, 2.24) is 14.5 Å². The van der Waals surface area contributed by atoms with Crippen molar-refractivity contribution in [3.8, 4) is 0 Å². The second kappa shape index (κ2) is 4.87. The Morgan fingerprint density at radius 2 is 2.47 bits per heavy atom. The summed E-state index contributed by atoms with van der Waals surface area (Å²) in [5.74, 6) is 2.60. The third-order valence-corrected chi connectivity index (χ3v) is 5.37. The predicted molar refractivity (Wildman–Crippen MR) is 68.2 cm³/mol. The third kappa shape index (κ3) is 2.93. The zero-order valence-electron chi connectivity index (χ0n) is 9.59. The van der Waals surface area contributed by atoms with Gasteiger partial charge >= 0.3 is 0 Å². The molecule has 0 saturated carbocycles. The van der Waals surface area contributed by atoms with Gasteiger partial charge in [0, 0.05) is 19.8 Å². The molecule has 1 aromatic heterocycles. The highest BCUT2D eigenvalue weighted by Gasteiger charge is 2.23. The summed E-state index contributed by atoms with van der Waals surface area (Å²) < 4.78 is 27.9. The summed E-state index contributed by atoms with van der Waals surface area (Å²) >= 11 is 1.86. The van der Waals surface area contributed by atoms with Crippen LogP contribution in [-0.2, 0) is 17.1 Å². The fourth-order valence-electron chi connectivity index (χ4n) is 1.74. The standard InChI is InChI=1S/C9H16N4O2S2/c1-13-5-8(9(10)12-13)17(14,15)11-4-7-2-3-16-6-7/h5,7,11H,2-4,6H2,1H3,(H2,10,12). The van der Waals surface area contributed by atoms with Crippen LogP contribution in [0.15, 0.2) is 11.1 Å². The van der Waals surface area contributed by atoms with Crippen molar-refractivity contribution >= 4 is 27.6 Å². The number of aryl methyl sites for hydroxylation is 1. The van der Waals surface area contributed by atoms with E-state index >= 15 is 0 Å². The van der Waals surface area contributed by atoms with Gasteiger partial charge in [0.15, 0.2) is 5.82 Å². The van der Waals surface area contributed by atoms with Gasteiger partial charge in [-0.3, -0.25) is 4.68 Å². The molecule has 1 aliphatic heterocycles. The normalized spacial score (nSPS) is 20.9. The maximum atomic E-state index is 12.0. The van der Waals surface area contributed by atoms with E-state index in [0.717, 1.165) is 17.9 Å². The summed E-state index contributed by atoms with van der Waals surface area (Å²) in [6.45, 7) is 0.476. The second-order valence-corrected chi connectivity index (χ2v) is 7.02. The van der Waals surface area contributed by atoms with E-state index in [9.17, 15) is 8.42 Å². The van der Waals surface area contributed by atoms with Crippen LogP contribution in [0.1, 0.15) is 6.42 Å². The molecule has 0 aliphatic carbocycles. The van der Waals surface area contributed by atoms with Crippen molar-refractivity contribution in [1.29, 1.82) is 0 Å². The molecule has 8 heteroatoms. The minimum atomic E-state index is -3.53. The minimum absolute atomic E-state index is 0.0424. The Morgan fingerprint density at radius 3 is 3.00 bits per heavy atom. The van der Waals surface area contributed by atoms with Gasteiger partial charge in [-0.25, -0.2) is 13.1 Å². The van der Waals surface area contributed by atoms with Crippen molar-refractivity contribution in [3.05, 3.63) is 6.20 Å². The van der Waals surface area contributed by atoms with Gasteiger partial charge in [0.05, 0.1) is 0 Å². The monoisotopic (exact) mass is 276 g/mol. The molecular weight excluding hydrogens is 260 g/mol. The van der Waals surface area contributed by atoms with Crippen LogP contribution in [0.25, 0.3) is 0 Å². The lowest BCUT2D eigenvalue weighted by Crippen LogP contribution is -2.29. The van der Waals surface area contributed by atoms with E-state index in [1.165, 1.54) is 10.9 Å². The average Bonchev–Trinajstić information content (AvgIpc) is 2.85. The highest BCUT2D eigenvalue weighted by atomic mass is 32.2. The van der Waals surface area contributed by atoms with Crippen LogP contribution >= 0.6 is 11.8 Å². The smallest absolute Gasteiger partial charge is 0.245 e. The molecule has 17 heavy (non-hydrogen) atoms. The van der Waals surface area contributed by atoms with Crippen LogP contribution in [0, 0.1) is 5.92 Å². The topological polar surface area (TPSA) is 90.0 Å². The van der Waals surface area contributed by atoms with Gasteiger partial charge in [0.25, 0.3) is 0 Å². The molecule has 0 amide bonds. The van der Waals surface area contributed by atoms with Crippen molar-refractivity contribution in [2.24, 2.45) is 13.0 Å². The quantitative estimate of drug-likeness (QED) is 0.810. The number of hydrogen-bond acceptors (Lipinski definition) is 5. The number of anilines is 1. The Hall–Kier alpha value is -0.730. The van der Waals surface area contributed by atoms with E-state index in [2.05, 4.69) is 9.82 Å². The van der Waals surface area contributed by atoms with Gasteiger partial charge in [-0.15, -0.1) is 0 Å². The maximum Gasteiger partial charge on any atom is 0.245 e. The zero-order valence-corrected chi connectivity index (χ0v) is 11.2. The molecule has 1 aliphatic rings. The van der Waals surface area contributed by atoms with Crippen LogP contribution in [0.3, 0.4) is 0 Å². The molecule has 96 valence electrons. The molecule has 3 N–H and O–H groups in total. The second-order valence-electron chi connectivity index (χ2n) is 4.13. The number of aromatic nitrogens is 2. The molecule has 0 radical (unpaired) electrons. The number of hydrogen-bond donors (Lipinski definition) is 2. The summed E-state index contributed by atoms with van der Waals surface area (Å²) in [5, 5.41) is 3.83. The molecule has 2 rings (SSSR count). The van der Waals surface area contributed by atoms with Crippen LogP contribution in [-0.4, -0.2) is 36.2 Å². The summed E-state index contributed by atoms with van der Waals surface area (Å²) in [5.41, 5.74) is 5.56. The van der Waals surface area contributed by atoms with Crippen molar-refractivity contribution < 1.29 is 8.42 Å². The van der Waals surface area contributed by atoms with Gasteiger partial charge in [-0.1, -0.05) is 0 Å². The number of rotatable bonds is 4. The lowest BCUT2D eigenvalue weighted by molar-refractivity contribution is 0.546. The molecule has 6 nitrogen and oxygen atoms in total. The SMILES string of the molecule is Cn1cc(S(=O)(=O)NCC2CCSC2)c(N)n1. The Kier molecular flexibility index (Phi) is 3.64. The summed E-state index contributed by atoms with van der Waals surface area (Å²) in [6, 6.07) is 0. The van der Waals surface area contributed by atoms with E-state index in [4.69, 9.17) is 5.73 Å². The molecule has 0 bridgehead atoms. The Bertz CT molecular complexity index is 491. The highest BCUT2D eigenvalue weighted by Crippen LogP contribution is 2.23. The number of nitrogen functional groups attached to an aromatic ring is 1. The highest BCUT2D eigenvalue weighted by molar-refractivity contribution is 7.99. The van der Waals surface area contributed by atoms with Gasteiger partial charge in [-0.2, -0.15) is 16.9 Å². The van der Waals surface area contributed by atoms with Crippen LogP contribution in [0.5, 0.6) is 0 Å². The van der Waals surface area contributed by atoms with E-state index in [1.54, 1.807) is 7.05 Å².